The average molecular weight is 493 g/mol. The lowest BCUT2D eigenvalue weighted by atomic mass is 9.83. The summed E-state index contributed by atoms with van der Waals surface area (Å²) < 4.78 is 34.4. The highest BCUT2D eigenvalue weighted by molar-refractivity contribution is 7.89. The van der Waals surface area contributed by atoms with Gasteiger partial charge in [-0.15, -0.1) is 0 Å². The summed E-state index contributed by atoms with van der Waals surface area (Å²) in [6, 6.07) is 3.02. The first-order chi connectivity index (χ1) is 14.7. The number of ether oxygens (including phenoxy) is 1. The normalized spacial score (nSPS) is 26.0. The summed E-state index contributed by atoms with van der Waals surface area (Å²) >= 11 is 12.2. The minimum absolute atomic E-state index is 0.0205. The summed E-state index contributed by atoms with van der Waals surface area (Å²) in [7, 11) is -4.04. The molecule has 0 saturated carbocycles. The van der Waals surface area contributed by atoms with Gasteiger partial charge in [-0.1, -0.05) is 30.1 Å². The third-order valence-electron chi connectivity index (χ3n) is 6.27. The summed E-state index contributed by atoms with van der Waals surface area (Å²) in [5.41, 5.74) is 0. The van der Waals surface area contributed by atoms with Crippen LogP contribution in [-0.2, 0) is 19.6 Å². The lowest BCUT2D eigenvalue weighted by molar-refractivity contribution is -0.135. The number of halogens is 2. The number of hydrogen-bond donors (Lipinski definition) is 1. The summed E-state index contributed by atoms with van der Waals surface area (Å²) in [6.07, 6.45) is 1.83. The number of sulfonamides is 1. The second-order valence-electron chi connectivity index (χ2n) is 8.26. The zero-order valence-electron chi connectivity index (χ0n) is 17.8. The van der Waals surface area contributed by atoms with Gasteiger partial charge in [0.1, 0.15) is 6.04 Å². The molecule has 2 saturated heterocycles. The number of aliphatic hydroxyl groups is 1. The molecule has 174 valence electrons. The fourth-order valence-electron chi connectivity index (χ4n) is 4.68. The predicted octanol–water partition coefficient (Wildman–Crippen LogP) is 3.03. The van der Waals surface area contributed by atoms with Crippen LogP contribution in [0.1, 0.15) is 33.1 Å². The van der Waals surface area contributed by atoms with E-state index in [2.05, 4.69) is 0 Å². The molecule has 10 heteroatoms. The molecule has 7 nitrogen and oxygen atoms in total. The molecular formula is C21H30Cl2N2O5S. The van der Waals surface area contributed by atoms with Crippen LogP contribution in [-0.4, -0.2) is 73.6 Å². The van der Waals surface area contributed by atoms with E-state index in [1.807, 2.05) is 13.8 Å². The Morgan fingerprint density at radius 2 is 1.90 bits per heavy atom. The molecule has 1 aromatic carbocycles. The Bertz CT molecular complexity index is 878. The summed E-state index contributed by atoms with van der Waals surface area (Å²) in [5, 5.41) is 10.3. The maximum absolute atomic E-state index is 13.8. The minimum Gasteiger partial charge on any atom is -0.396 e. The highest BCUT2D eigenvalue weighted by Gasteiger charge is 2.51. The van der Waals surface area contributed by atoms with Crippen molar-refractivity contribution in [3.63, 3.8) is 0 Å². The minimum atomic E-state index is -4.04. The summed E-state index contributed by atoms with van der Waals surface area (Å²) in [5.74, 6) is -0.594. The Morgan fingerprint density at radius 1 is 1.23 bits per heavy atom. The van der Waals surface area contributed by atoms with Crippen LogP contribution >= 0.6 is 23.2 Å². The molecule has 4 atom stereocenters. The van der Waals surface area contributed by atoms with E-state index in [-0.39, 0.29) is 39.3 Å². The quantitative estimate of drug-likeness (QED) is 0.563. The lowest BCUT2D eigenvalue weighted by Crippen LogP contribution is -2.55. The zero-order chi connectivity index (χ0) is 22.8. The molecule has 3 unspecified atom stereocenters. The third-order valence-corrected chi connectivity index (χ3v) is 8.62. The highest BCUT2D eigenvalue weighted by atomic mass is 35.5. The maximum atomic E-state index is 13.8. The molecule has 2 aliphatic rings. The molecule has 0 aliphatic carbocycles. The van der Waals surface area contributed by atoms with Crippen molar-refractivity contribution in [1.82, 2.24) is 9.21 Å². The summed E-state index contributed by atoms with van der Waals surface area (Å²) in [6.45, 7) is 5.40. The fraction of sp³-hybridized carbons (Fsp3) is 0.667. The first kappa shape index (κ1) is 24.7. The molecule has 2 fully saturated rings. The topological polar surface area (TPSA) is 87.2 Å². The van der Waals surface area contributed by atoms with Gasteiger partial charge in [0.05, 0.1) is 11.5 Å². The number of rotatable bonds is 8. The van der Waals surface area contributed by atoms with E-state index in [1.54, 1.807) is 4.90 Å². The van der Waals surface area contributed by atoms with Crippen molar-refractivity contribution in [2.45, 2.75) is 50.1 Å². The van der Waals surface area contributed by atoms with Crippen LogP contribution in [0.5, 0.6) is 0 Å². The Hall–Kier alpha value is -0.900. The van der Waals surface area contributed by atoms with Gasteiger partial charge in [-0.2, -0.15) is 4.31 Å². The molecule has 0 aromatic heterocycles. The number of piperidine rings is 1. The third kappa shape index (κ3) is 5.20. The molecule has 3 rings (SSSR count). The van der Waals surface area contributed by atoms with E-state index in [0.717, 1.165) is 6.42 Å². The first-order valence-electron chi connectivity index (χ1n) is 10.7. The average Bonchev–Trinajstić information content (AvgIpc) is 2.80. The second-order valence-corrected chi connectivity index (χ2v) is 11.0. The smallest absolute Gasteiger partial charge is 0.244 e. The van der Waals surface area contributed by atoms with Crippen LogP contribution in [0, 0.1) is 11.8 Å². The molecule has 2 aliphatic heterocycles. The Kier molecular flexibility index (Phi) is 8.27. The largest absolute Gasteiger partial charge is 0.396 e. The monoisotopic (exact) mass is 492 g/mol. The number of benzene rings is 1. The van der Waals surface area contributed by atoms with E-state index in [9.17, 15) is 18.3 Å². The number of carbonyl (C=O) groups excluding carboxylic acids is 1. The Morgan fingerprint density at radius 3 is 2.52 bits per heavy atom. The molecule has 0 radical (unpaired) electrons. The van der Waals surface area contributed by atoms with E-state index in [0.29, 0.717) is 39.1 Å². The molecule has 2 bridgehead atoms. The van der Waals surface area contributed by atoms with Crippen molar-refractivity contribution in [2.24, 2.45) is 11.8 Å². The zero-order valence-corrected chi connectivity index (χ0v) is 20.2. The van der Waals surface area contributed by atoms with Gasteiger partial charge in [-0.3, -0.25) is 4.79 Å². The van der Waals surface area contributed by atoms with Crippen molar-refractivity contribution < 1.29 is 23.1 Å². The maximum Gasteiger partial charge on any atom is 0.244 e. The molecule has 1 aromatic rings. The molecule has 0 spiro atoms. The van der Waals surface area contributed by atoms with Gasteiger partial charge < -0.3 is 14.7 Å². The first-order valence-corrected chi connectivity index (χ1v) is 12.9. The number of nitrogens with zero attached hydrogens (tertiary/aromatic N) is 2. The van der Waals surface area contributed by atoms with E-state index in [4.69, 9.17) is 27.9 Å². The lowest BCUT2D eigenvalue weighted by Gasteiger charge is -2.42. The number of aliphatic hydroxyl groups excluding tert-OH is 1. The van der Waals surface area contributed by atoms with Gasteiger partial charge in [-0.05, 0) is 56.2 Å². The van der Waals surface area contributed by atoms with Gasteiger partial charge in [0, 0.05) is 42.4 Å². The van der Waals surface area contributed by atoms with Crippen molar-refractivity contribution >= 4 is 39.1 Å². The van der Waals surface area contributed by atoms with Crippen molar-refractivity contribution in [3.8, 4) is 0 Å². The van der Waals surface area contributed by atoms with Crippen LogP contribution in [0.15, 0.2) is 23.1 Å². The molecular weight excluding hydrogens is 463 g/mol. The van der Waals surface area contributed by atoms with Gasteiger partial charge in [-0.25, -0.2) is 8.42 Å². The Balaban J connectivity index is 2.07. The SMILES string of the molecule is CCOCCN1CC(C(C)CO)[C@@H]2CCCC(C1=O)N2S(=O)(=O)c1cc(Cl)cc(Cl)c1. The standard InChI is InChI=1S/C21H30Cl2N2O5S/c1-3-30-8-7-24-12-18(14(2)13-26)19-5-4-6-20(21(24)27)25(19)31(28,29)17-10-15(22)9-16(23)11-17/h9-11,14,18-20,26H,3-8,12-13H2,1-2H3/t14?,18?,19-,20?/m0/s1. The highest BCUT2D eigenvalue weighted by Crippen LogP contribution is 2.40. The van der Waals surface area contributed by atoms with Crippen LogP contribution in [0.3, 0.4) is 0 Å². The van der Waals surface area contributed by atoms with Crippen molar-refractivity contribution in [3.05, 3.63) is 28.2 Å². The number of fused-ring (bicyclic) bond motifs is 2. The van der Waals surface area contributed by atoms with E-state index >= 15 is 0 Å². The molecule has 1 amide bonds. The van der Waals surface area contributed by atoms with Gasteiger partial charge in [0.25, 0.3) is 0 Å². The van der Waals surface area contributed by atoms with Crippen LogP contribution < -0.4 is 0 Å². The van der Waals surface area contributed by atoms with Gasteiger partial charge in [0.15, 0.2) is 0 Å². The predicted molar refractivity (Wildman–Crippen MR) is 120 cm³/mol. The molecule has 31 heavy (non-hydrogen) atoms. The molecule has 1 N–H and O–H groups in total. The second kappa shape index (κ2) is 10.4. The fourth-order valence-corrected chi connectivity index (χ4v) is 7.28. The van der Waals surface area contributed by atoms with Gasteiger partial charge >= 0.3 is 0 Å². The molecule has 2 heterocycles. The van der Waals surface area contributed by atoms with Crippen LogP contribution in [0.25, 0.3) is 0 Å². The van der Waals surface area contributed by atoms with E-state index in [1.165, 1.54) is 22.5 Å². The number of amides is 1. The van der Waals surface area contributed by atoms with Gasteiger partial charge in [0.2, 0.25) is 15.9 Å². The van der Waals surface area contributed by atoms with E-state index < -0.39 is 22.1 Å². The van der Waals surface area contributed by atoms with Crippen molar-refractivity contribution in [1.29, 1.82) is 0 Å². The van der Waals surface area contributed by atoms with Crippen LogP contribution in [0.2, 0.25) is 10.0 Å². The van der Waals surface area contributed by atoms with Crippen LogP contribution in [0.4, 0.5) is 0 Å². The number of carbonyl (C=O) groups is 1. The van der Waals surface area contributed by atoms with Crippen molar-refractivity contribution in [2.75, 3.05) is 32.9 Å². The summed E-state index contributed by atoms with van der Waals surface area (Å²) in [4.78, 5) is 15.2. The Labute approximate surface area is 194 Å². The number of hydrogen-bond acceptors (Lipinski definition) is 5.